The Balaban J connectivity index is 1.58. The van der Waals surface area contributed by atoms with Crippen molar-refractivity contribution < 1.29 is 37.0 Å². The Morgan fingerprint density at radius 1 is 0.923 bits per heavy atom. The second-order valence-corrected chi connectivity index (χ2v) is 10.4. The number of ether oxygens (including phenoxy) is 2. The Morgan fingerprint density at radius 3 is 2.31 bits per heavy atom. The molecule has 3 unspecified atom stereocenters. The molecule has 0 heterocycles. The normalized spacial score (nSPS) is 19.6. The zero-order valence-corrected chi connectivity index (χ0v) is 22.1. The number of alkyl carbamates (subject to hydrolysis) is 1. The van der Waals surface area contributed by atoms with Gasteiger partial charge in [-0.3, -0.25) is 9.59 Å². The lowest BCUT2D eigenvalue weighted by atomic mass is 9.88. The van der Waals surface area contributed by atoms with E-state index in [1.807, 2.05) is 30.3 Å². The second kappa shape index (κ2) is 13.0. The third-order valence-electron chi connectivity index (χ3n) is 6.04. The van der Waals surface area contributed by atoms with Gasteiger partial charge in [0.05, 0.1) is 30.9 Å². The van der Waals surface area contributed by atoms with Crippen LogP contribution in [0.4, 0.5) is 18.0 Å². The molecule has 3 rings (SSSR count). The summed E-state index contributed by atoms with van der Waals surface area (Å²) in [5, 5.41) is 7.98. The summed E-state index contributed by atoms with van der Waals surface area (Å²) < 4.78 is 50.3. The fourth-order valence-electron chi connectivity index (χ4n) is 4.22. The van der Waals surface area contributed by atoms with Crippen LogP contribution in [0.2, 0.25) is 0 Å². The van der Waals surface area contributed by atoms with Crippen LogP contribution >= 0.6 is 0 Å². The first-order chi connectivity index (χ1) is 18.3. The van der Waals surface area contributed by atoms with E-state index in [2.05, 4.69) is 16.0 Å². The van der Waals surface area contributed by atoms with Crippen molar-refractivity contribution in [2.24, 2.45) is 0 Å². The van der Waals surface area contributed by atoms with Crippen molar-refractivity contribution in [3.05, 3.63) is 71.3 Å². The van der Waals surface area contributed by atoms with Crippen LogP contribution in [0, 0.1) is 0 Å². The van der Waals surface area contributed by atoms with Gasteiger partial charge in [-0.15, -0.1) is 0 Å². The molecule has 2 aromatic carbocycles. The highest BCUT2D eigenvalue weighted by molar-refractivity contribution is 5.96. The van der Waals surface area contributed by atoms with Crippen LogP contribution in [0.25, 0.3) is 0 Å². The topological polar surface area (TPSA) is 106 Å². The lowest BCUT2D eigenvalue weighted by Gasteiger charge is -2.37. The van der Waals surface area contributed by atoms with Gasteiger partial charge in [0.25, 0.3) is 5.91 Å². The Labute approximate surface area is 225 Å². The van der Waals surface area contributed by atoms with E-state index in [0.717, 1.165) is 23.8 Å². The molecule has 0 aliphatic heterocycles. The van der Waals surface area contributed by atoms with Crippen molar-refractivity contribution in [2.45, 2.75) is 76.6 Å². The SMILES string of the molecule is CC(C)(C)OC(=O)NC1CC(OCc2ccccc2)CCC1NC(=O)CNC(=O)c1cccc(C(F)(F)F)c1. The highest BCUT2D eigenvalue weighted by atomic mass is 19.4. The van der Waals surface area contributed by atoms with Crippen molar-refractivity contribution in [1.29, 1.82) is 0 Å². The molecule has 3 N–H and O–H groups in total. The smallest absolute Gasteiger partial charge is 0.416 e. The molecule has 1 aliphatic carbocycles. The molecule has 3 atom stereocenters. The van der Waals surface area contributed by atoms with E-state index < -0.39 is 53.9 Å². The number of amides is 3. The summed E-state index contributed by atoms with van der Waals surface area (Å²) in [6, 6.07) is 12.7. The van der Waals surface area contributed by atoms with Gasteiger partial charge in [0, 0.05) is 11.6 Å². The summed E-state index contributed by atoms with van der Waals surface area (Å²) >= 11 is 0. The van der Waals surface area contributed by atoms with Gasteiger partial charge in [0.1, 0.15) is 5.60 Å². The van der Waals surface area contributed by atoms with Gasteiger partial charge in [-0.05, 0) is 63.8 Å². The molecule has 0 bridgehead atoms. The van der Waals surface area contributed by atoms with E-state index in [9.17, 15) is 27.6 Å². The fraction of sp³-hybridized carbons (Fsp3) is 0.464. The average molecular weight is 550 g/mol. The third kappa shape index (κ3) is 9.90. The van der Waals surface area contributed by atoms with E-state index in [1.54, 1.807) is 20.8 Å². The number of carbonyl (C=O) groups excluding carboxylic acids is 3. The summed E-state index contributed by atoms with van der Waals surface area (Å²) in [5.41, 5.74) is -0.866. The molecule has 3 amide bonds. The first kappa shape index (κ1) is 29.9. The molecular weight excluding hydrogens is 515 g/mol. The number of hydrogen-bond donors (Lipinski definition) is 3. The van der Waals surface area contributed by atoms with Crippen molar-refractivity contribution in [3.8, 4) is 0 Å². The molecular formula is C28H34F3N3O5. The minimum Gasteiger partial charge on any atom is -0.444 e. The number of carbonyl (C=O) groups is 3. The van der Waals surface area contributed by atoms with Gasteiger partial charge < -0.3 is 25.4 Å². The molecule has 11 heteroatoms. The van der Waals surface area contributed by atoms with E-state index in [0.29, 0.717) is 25.9 Å². The van der Waals surface area contributed by atoms with Gasteiger partial charge >= 0.3 is 12.3 Å². The summed E-state index contributed by atoms with van der Waals surface area (Å²) in [6.45, 7) is 5.19. The highest BCUT2D eigenvalue weighted by Crippen LogP contribution is 2.29. The first-order valence-electron chi connectivity index (χ1n) is 12.7. The van der Waals surface area contributed by atoms with Crippen molar-refractivity contribution in [2.75, 3.05) is 6.54 Å². The minimum atomic E-state index is -4.59. The van der Waals surface area contributed by atoms with Crippen LogP contribution in [0.3, 0.4) is 0 Å². The van der Waals surface area contributed by atoms with Gasteiger partial charge in [0.2, 0.25) is 5.91 Å². The van der Waals surface area contributed by atoms with Gasteiger partial charge in [0.15, 0.2) is 0 Å². The van der Waals surface area contributed by atoms with Crippen LogP contribution < -0.4 is 16.0 Å². The Morgan fingerprint density at radius 2 is 1.64 bits per heavy atom. The van der Waals surface area contributed by atoms with Crippen LogP contribution in [0.15, 0.2) is 54.6 Å². The van der Waals surface area contributed by atoms with Gasteiger partial charge in [-0.1, -0.05) is 36.4 Å². The Hall–Kier alpha value is -3.60. The molecule has 0 radical (unpaired) electrons. The lowest BCUT2D eigenvalue weighted by Crippen LogP contribution is -2.57. The molecule has 0 aromatic heterocycles. The number of rotatable bonds is 8. The molecule has 1 aliphatic rings. The molecule has 0 saturated heterocycles. The predicted molar refractivity (Wildman–Crippen MR) is 138 cm³/mol. The van der Waals surface area contributed by atoms with Crippen LogP contribution in [-0.2, 0) is 27.1 Å². The quantitative estimate of drug-likeness (QED) is 0.447. The molecule has 2 aromatic rings. The third-order valence-corrected chi connectivity index (χ3v) is 6.04. The number of nitrogens with one attached hydrogen (secondary N) is 3. The van der Waals surface area contributed by atoms with Crippen molar-refractivity contribution >= 4 is 17.9 Å². The van der Waals surface area contributed by atoms with Crippen molar-refractivity contribution in [1.82, 2.24) is 16.0 Å². The van der Waals surface area contributed by atoms with E-state index in [4.69, 9.17) is 9.47 Å². The molecule has 8 nitrogen and oxygen atoms in total. The predicted octanol–water partition coefficient (Wildman–Crippen LogP) is 4.58. The highest BCUT2D eigenvalue weighted by Gasteiger charge is 2.34. The fourth-order valence-corrected chi connectivity index (χ4v) is 4.22. The molecule has 1 fully saturated rings. The van der Waals surface area contributed by atoms with Gasteiger partial charge in [-0.2, -0.15) is 13.2 Å². The summed E-state index contributed by atoms with van der Waals surface area (Å²) in [6.07, 6.45) is -3.85. The summed E-state index contributed by atoms with van der Waals surface area (Å²) in [4.78, 5) is 37.5. The number of hydrogen-bond acceptors (Lipinski definition) is 5. The maximum absolute atomic E-state index is 12.9. The maximum Gasteiger partial charge on any atom is 0.416 e. The molecule has 0 spiro atoms. The van der Waals surface area contributed by atoms with Crippen molar-refractivity contribution in [3.63, 3.8) is 0 Å². The zero-order chi connectivity index (χ0) is 28.6. The van der Waals surface area contributed by atoms with Crippen LogP contribution in [-0.4, -0.2) is 48.2 Å². The Kier molecular flexibility index (Phi) is 9.96. The minimum absolute atomic E-state index is 0.168. The van der Waals surface area contributed by atoms with Gasteiger partial charge in [-0.25, -0.2) is 4.79 Å². The maximum atomic E-state index is 12.9. The Bertz CT molecular complexity index is 1140. The van der Waals surface area contributed by atoms with E-state index in [1.165, 1.54) is 6.07 Å². The van der Waals surface area contributed by atoms with Crippen LogP contribution in [0.5, 0.6) is 0 Å². The summed E-state index contributed by atoms with van der Waals surface area (Å²) in [7, 11) is 0. The monoisotopic (exact) mass is 549 g/mol. The number of halogens is 3. The molecule has 212 valence electrons. The average Bonchev–Trinajstić information content (AvgIpc) is 2.86. The first-order valence-corrected chi connectivity index (χ1v) is 12.7. The standard InChI is InChI=1S/C28H34F3N3O5/c1-27(2,3)39-26(37)34-23-15-21(38-17-18-8-5-4-6-9-18)12-13-22(23)33-24(35)16-32-25(36)19-10-7-11-20(14-19)28(29,30)31/h4-11,14,21-23H,12-13,15-17H2,1-3H3,(H,32,36)(H,33,35)(H,34,37). The zero-order valence-electron chi connectivity index (χ0n) is 22.1. The lowest BCUT2D eigenvalue weighted by molar-refractivity contribution is -0.137. The van der Waals surface area contributed by atoms with Crippen LogP contribution in [0.1, 0.15) is 61.5 Å². The van der Waals surface area contributed by atoms with E-state index >= 15 is 0 Å². The second-order valence-electron chi connectivity index (χ2n) is 10.4. The van der Waals surface area contributed by atoms with E-state index in [-0.39, 0.29) is 11.7 Å². The molecule has 39 heavy (non-hydrogen) atoms. The largest absolute Gasteiger partial charge is 0.444 e. The summed E-state index contributed by atoms with van der Waals surface area (Å²) in [5.74, 6) is -1.35. The number of benzene rings is 2. The molecule has 1 saturated carbocycles. The number of alkyl halides is 3.